The van der Waals surface area contributed by atoms with E-state index < -0.39 is 0 Å². The van der Waals surface area contributed by atoms with Gasteiger partial charge < -0.3 is 15.4 Å². The van der Waals surface area contributed by atoms with Crippen LogP contribution in [-0.4, -0.2) is 43.2 Å². The van der Waals surface area contributed by atoms with Gasteiger partial charge in [-0.25, -0.2) is 4.39 Å². The smallest absolute Gasteiger partial charge is 0.191 e. The standard InChI is InChI=1S/C18H28FN3OS.HI/c1-18(10-5-13-24-18)14-22-17(20-2)21-11-3-4-12-23-16-8-6-15(19)7-9-16;/h6-9H,3-5,10-14H2,1-2H3,(H2,20,21,22);1H. The Morgan fingerprint density at radius 3 is 2.68 bits per heavy atom. The lowest BCUT2D eigenvalue weighted by Crippen LogP contribution is -2.43. The molecule has 0 saturated carbocycles. The maximum Gasteiger partial charge on any atom is 0.191 e. The summed E-state index contributed by atoms with van der Waals surface area (Å²) in [6, 6.07) is 6.13. The Bertz CT molecular complexity index is 522. The van der Waals surface area contributed by atoms with Gasteiger partial charge in [0.25, 0.3) is 0 Å². The Morgan fingerprint density at radius 1 is 1.28 bits per heavy atom. The number of nitrogens with one attached hydrogen (secondary N) is 2. The molecule has 1 atom stereocenters. The molecule has 1 unspecified atom stereocenters. The predicted molar refractivity (Wildman–Crippen MR) is 116 cm³/mol. The normalized spacial score (nSPS) is 20.0. The van der Waals surface area contributed by atoms with Gasteiger partial charge >= 0.3 is 0 Å². The van der Waals surface area contributed by atoms with E-state index in [1.807, 2.05) is 11.8 Å². The Labute approximate surface area is 171 Å². The van der Waals surface area contributed by atoms with Crippen molar-refractivity contribution in [3.63, 3.8) is 0 Å². The van der Waals surface area contributed by atoms with Crippen molar-refractivity contribution in [3.05, 3.63) is 30.1 Å². The molecule has 1 aromatic rings. The summed E-state index contributed by atoms with van der Waals surface area (Å²) in [5, 5.41) is 6.77. The Balaban J connectivity index is 0.00000312. The number of thioether (sulfide) groups is 1. The summed E-state index contributed by atoms with van der Waals surface area (Å²) in [5.41, 5.74) is 0. The number of nitrogens with zero attached hydrogens (tertiary/aromatic N) is 1. The van der Waals surface area contributed by atoms with E-state index in [0.717, 1.165) is 31.9 Å². The third-order valence-corrected chi connectivity index (χ3v) is 5.64. The van der Waals surface area contributed by atoms with Crippen molar-refractivity contribution in [2.45, 2.75) is 37.4 Å². The van der Waals surface area contributed by atoms with E-state index in [2.05, 4.69) is 22.5 Å². The van der Waals surface area contributed by atoms with E-state index in [-0.39, 0.29) is 29.8 Å². The number of hydrogen-bond donors (Lipinski definition) is 2. The summed E-state index contributed by atoms with van der Waals surface area (Å²) in [4.78, 5) is 4.27. The fourth-order valence-corrected chi connectivity index (χ4v) is 3.87. The largest absolute Gasteiger partial charge is 0.494 e. The summed E-state index contributed by atoms with van der Waals surface area (Å²) in [6.07, 6.45) is 4.51. The van der Waals surface area contributed by atoms with Crippen molar-refractivity contribution in [2.24, 2.45) is 4.99 Å². The van der Waals surface area contributed by atoms with Gasteiger partial charge in [0.1, 0.15) is 11.6 Å². The maximum atomic E-state index is 12.8. The van der Waals surface area contributed by atoms with E-state index in [4.69, 9.17) is 4.74 Å². The van der Waals surface area contributed by atoms with Crippen LogP contribution in [0.1, 0.15) is 32.6 Å². The highest BCUT2D eigenvalue weighted by Gasteiger charge is 2.29. The minimum Gasteiger partial charge on any atom is -0.494 e. The summed E-state index contributed by atoms with van der Waals surface area (Å²) < 4.78 is 18.7. The molecule has 0 aliphatic carbocycles. The second-order valence-electron chi connectivity index (χ2n) is 6.26. The van der Waals surface area contributed by atoms with E-state index in [9.17, 15) is 4.39 Å². The van der Waals surface area contributed by atoms with Crippen LogP contribution in [-0.2, 0) is 0 Å². The van der Waals surface area contributed by atoms with Gasteiger partial charge in [-0.3, -0.25) is 4.99 Å². The van der Waals surface area contributed by atoms with Crippen LogP contribution in [0, 0.1) is 5.82 Å². The zero-order valence-corrected chi connectivity index (χ0v) is 18.2. The van der Waals surface area contributed by atoms with Gasteiger partial charge in [-0.15, -0.1) is 24.0 Å². The molecule has 2 rings (SSSR count). The lowest BCUT2D eigenvalue weighted by Gasteiger charge is -2.24. The molecule has 0 radical (unpaired) electrons. The van der Waals surface area contributed by atoms with Gasteiger partial charge in [-0.1, -0.05) is 0 Å². The Morgan fingerprint density at radius 2 is 2.04 bits per heavy atom. The number of hydrogen-bond acceptors (Lipinski definition) is 3. The first-order valence-corrected chi connectivity index (χ1v) is 9.57. The van der Waals surface area contributed by atoms with Crippen LogP contribution >= 0.6 is 35.7 Å². The molecular formula is C18H29FIN3OS. The first-order valence-electron chi connectivity index (χ1n) is 8.58. The molecule has 1 aromatic carbocycles. The molecule has 1 heterocycles. The summed E-state index contributed by atoms with van der Waals surface area (Å²) in [5.74, 6) is 2.60. The molecule has 1 aliphatic rings. The van der Waals surface area contributed by atoms with Crippen molar-refractivity contribution in [1.29, 1.82) is 0 Å². The molecule has 25 heavy (non-hydrogen) atoms. The van der Waals surface area contributed by atoms with Gasteiger partial charge in [0.15, 0.2) is 5.96 Å². The van der Waals surface area contributed by atoms with Gasteiger partial charge in [0.2, 0.25) is 0 Å². The number of benzene rings is 1. The van der Waals surface area contributed by atoms with Gasteiger partial charge in [-0.05, 0) is 62.6 Å². The highest BCUT2D eigenvalue weighted by Crippen LogP contribution is 2.36. The average molecular weight is 481 g/mol. The first-order chi connectivity index (χ1) is 11.6. The summed E-state index contributed by atoms with van der Waals surface area (Å²) in [7, 11) is 1.80. The molecule has 7 heteroatoms. The van der Waals surface area contributed by atoms with Crippen LogP contribution in [0.2, 0.25) is 0 Å². The van der Waals surface area contributed by atoms with Crippen LogP contribution in [0.3, 0.4) is 0 Å². The van der Waals surface area contributed by atoms with Gasteiger partial charge in [0.05, 0.1) is 6.61 Å². The monoisotopic (exact) mass is 481 g/mol. The van der Waals surface area contributed by atoms with Gasteiger partial charge in [0, 0.05) is 24.9 Å². The van der Waals surface area contributed by atoms with Crippen LogP contribution in [0.25, 0.3) is 0 Å². The van der Waals surface area contributed by atoms with Crippen LogP contribution in [0.5, 0.6) is 5.75 Å². The zero-order valence-electron chi connectivity index (χ0n) is 15.0. The zero-order chi connectivity index (χ0) is 17.3. The number of aliphatic imine (C=N–C) groups is 1. The lowest BCUT2D eigenvalue weighted by molar-refractivity contribution is 0.306. The molecule has 1 fully saturated rings. The summed E-state index contributed by atoms with van der Waals surface area (Å²) >= 11 is 2.05. The number of ether oxygens (including phenoxy) is 1. The molecule has 4 nitrogen and oxygen atoms in total. The minimum atomic E-state index is -0.240. The topological polar surface area (TPSA) is 45.7 Å². The van der Waals surface area contributed by atoms with E-state index in [1.54, 1.807) is 19.2 Å². The molecule has 0 amide bonds. The van der Waals surface area contributed by atoms with Crippen LogP contribution in [0.4, 0.5) is 4.39 Å². The maximum absolute atomic E-state index is 12.8. The fourth-order valence-electron chi connectivity index (χ4n) is 2.62. The van der Waals surface area contributed by atoms with Crippen molar-refractivity contribution >= 4 is 41.7 Å². The SMILES string of the molecule is CN=C(NCCCCOc1ccc(F)cc1)NCC1(C)CCCS1.I. The molecule has 1 saturated heterocycles. The number of rotatable bonds is 8. The van der Waals surface area contributed by atoms with Crippen LogP contribution in [0.15, 0.2) is 29.3 Å². The third kappa shape index (κ3) is 8.48. The van der Waals surface area contributed by atoms with Crippen molar-refractivity contribution < 1.29 is 9.13 Å². The lowest BCUT2D eigenvalue weighted by atomic mass is 10.1. The molecular weight excluding hydrogens is 452 g/mol. The average Bonchev–Trinajstić information content (AvgIpc) is 3.02. The second-order valence-corrected chi connectivity index (χ2v) is 7.95. The van der Waals surface area contributed by atoms with E-state index in [0.29, 0.717) is 17.1 Å². The first kappa shape index (κ1) is 22.3. The molecule has 142 valence electrons. The van der Waals surface area contributed by atoms with E-state index in [1.165, 1.54) is 30.7 Å². The van der Waals surface area contributed by atoms with Gasteiger partial charge in [-0.2, -0.15) is 11.8 Å². The number of halogens is 2. The van der Waals surface area contributed by atoms with Crippen molar-refractivity contribution in [3.8, 4) is 5.75 Å². The molecule has 2 N–H and O–H groups in total. The summed E-state index contributed by atoms with van der Waals surface area (Å²) in [6.45, 7) is 4.76. The highest BCUT2D eigenvalue weighted by molar-refractivity contribution is 14.0. The Hall–Kier alpha value is -0.700. The third-order valence-electron chi connectivity index (χ3n) is 4.10. The Kier molecular flexibility index (Phi) is 10.6. The van der Waals surface area contributed by atoms with E-state index >= 15 is 0 Å². The quantitative estimate of drug-likeness (QED) is 0.255. The predicted octanol–water partition coefficient (Wildman–Crippen LogP) is 4.05. The number of guanidine groups is 1. The van der Waals surface area contributed by atoms with Crippen LogP contribution < -0.4 is 15.4 Å². The molecule has 1 aliphatic heterocycles. The second kappa shape index (κ2) is 11.8. The highest BCUT2D eigenvalue weighted by atomic mass is 127. The van der Waals surface area contributed by atoms with Crippen molar-refractivity contribution in [2.75, 3.05) is 32.5 Å². The number of unbranched alkanes of at least 4 members (excludes halogenated alkanes) is 1. The molecule has 0 bridgehead atoms. The molecule has 0 aromatic heterocycles. The van der Waals surface area contributed by atoms with Crippen molar-refractivity contribution in [1.82, 2.24) is 10.6 Å². The fraction of sp³-hybridized carbons (Fsp3) is 0.611. The minimum absolute atomic E-state index is 0. The molecule has 0 spiro atoms.